The summed E-state index contributed by atoms with van der Waals surface area (Å²) in [7, 11) is 1.90. The number of rotatable bonds is 7. The first kappa shape index (κ1) is 23.9. The number of nitrogens with one attached hydrogen (secondary N) is 2. The van der Waals surface area contributed by atoms with Crippen molar-refractivity contribution >= 4 is 17.8 Å². The van der Waals surface area contributed by atoms with Crippen LogP contribution in [0.2, 0.25) is 0 Å². The number of anilines is 1. The minimum absolute atomic E-state index is 0.107. The molecule has 0 amide bonds. The van der Waals surface area contributed by atoms with Gasteiger partial charge in [0.25, 0.3) is 0 Å². The Hall–Kier alpha value is -1.82. The fourth-order valence-corrected chi connectivity index (χ4v) is 9.23. The van der Waals surface area contributed by atoms with Crippen LogP contribution in [0.25, 0.3) is 0 Å². The Bertz CT molecular complexity index is 921. The van der Waals surface area contributed by atoms with Gasteiger partial charge in [-0.3, -0.25) is 4.79 Å². The molecular weight excluding hydrogens is 424 g/mol. The molecule has 1 aromatic rings. The minimum Gasteiger partial charge on any atom is -0.384 e. The Labute approximate surface area is 204 Å². The third kappa shape index (κ3) is 3.81. The maximum atomic E-state index is 13.5. The molecule has 0 saturated heterocycles. The van der Waals surface area contributed by atoms with Crippen LogP contribution in [0.4, 0.5) is 5.82 Å². The number of fused-ring (bicyclic) bond motifs is 5. The van der Waals surface area contributed by atoms with Gasteiger partial charge in [0.15, 0.2) is 11.6 Å². The molecule has 0 spiro atoms. The van der Waals surface area contributed by atoms with Crippen molar-refractivity contribution in [3.63, 3.8) is 0 Å². The van der Waals surface area contributed by atoms with Crippen LogP contribution in [-0.2, 0) is 9.53 Å². The highest BCUT2D eigenvalue weighted by molar-refractivity contribution is 5.88. The average molecular weight is 467 g/mol. The van der Waals surface area contributed by atoms with E-state index in [0.29, 0.717) is 28.6 Å². The lowest BCUT2D eigenvalue weighted by Gasteiger charge is -2.61. The molecule has 6 heteroatoms. The minimum atomic E-state index is 0.107. The smallest absolute Gasteiger partial charge is 0.155 e. The Morgan fingerprint density at radius 1 is 1.15 bits per heavy atom. The molecule has 186 valence electrons. The Morgan fingerprint density at radius 3 is 2.76 bits per heavy atom. The standard InChI is InChI=1S/C28H42N4O2/c1-18-8-11-28(17-34-3)19(14-18)4-5-20-21-6-7-23(27(21,2)10-9-22(20)28)25(33)16-32-26-24(15-29)30-12-13-31-26/h12-13,15,18-23,29H,4-11,14,16-17H2,1-3H3,(H,31,32). The topological polar surface area (TPSA) is 88.0 Å². The SMILES string of the molecule is COCC12CCC(C)CC1CCC1C3CCC(C(=O)CNc4nccnc4C=N)C3(C)CCC12. The number of ketones is 1. The van der Waals surface area contributed by atoms with Crippen LogP contribution in [-0.4, -0.2) is 42.2 Å². The van der Waals surface area contributed by atoms with Gasteiger partial charge in [0, 0.05) is 31.6 Å². The van der Waals surface area contributed by atoms with Gasteiger partial charge in [0.1, 0.15) is 5.69 Å². The first-order chi connectivity index (χ1) is 16.4. The molecule has 0 radical (unpaired) electrons. The fraction of sp³-hybridized carbons (Fsp3) is 0.786. The lowest BCUT2D eigenvalue weighted by Crippen LogP contribution is -2.56. The van der Waals surface area contributed by atoms with Gasteiger partial charge in [-0.2, -0.15) is 0 Å². The number of ether oxygens (including phenoxy) is 1. The monoisotopic (exact) mass is 466 g/mol. The zero-order chi connectivity index (χ0) is 23.9. The van der Waals surface area contributed by atoms with Gasteiger partial charge >= 0.3 is 0 Å². The van der Waals surface area contributed by atoms with Gasteiger partial charge in [0.05, 0.1) is 13.2 Å². The van der Waals surface area contributed by atoms with Gasteiger partial charge in [-0.15, -0.1) is 0 Å². The van der Waals surface area contributed by atoms with E-state index in [0.717, 1.165) is 36.7 Å². The first-order valence-electron chi connectivity index (χ1n) is 13.5. The lowest BCUT2D eigenvalue weighted by atomic mass is 9.44. The zero-order valence-corrected chi connectivity index (χ0v) is 21.2. The van der Waals surface area contributed by atoms with E-state index in [1.54, 1.807) is 12.4 Å². The first-order valence-corrected chi connectivity index (χ1v) is 13.5. The van der Waals surface area contributed by atoms with Crippen LogP contribution >= 0.6 is 0 Å². The predicted octanol–water partition coefficient (Wildman–Crippen LogP) is 5.38. The average Bonchev–Trinajstić information content (AvgIpc) is 3.20. The molecule has 1 aromatic heterocycles. The van der Waals surface area contributed by atoms with Crippen molar-refractivity contribution in [3.05, 3.63) is 18.1 Å². The van der Waals surface area contributed by atoms with Gasteiger partial charge < -0.3 is 15.5 Å². The number of carbonyl (C=O) groups excluding carboxylic acids is 1. The molecule has 4 saturated carbocycles. The lowest BCUT2D eigenvalue weighted by molar-refractivity contribution is -0.154. The van der Waals surface area contributed by atoms with E-state index in [4.69, 9.17) is 10.1 Å². The van der Waals surface area contributed by atoms with Gasteiger partial charge in [-0.05, 0) is 91.8 Å². The maximum Gasteiger partial charge on any atom is 0.155 e. The van der Waals surface area contributed by atoms with Crippen LogP contribution in [0, 0.1) is 51.7 Å². The molecule has 34 heavy (non-hydrogen) atoms. The van der Waals surface area contributed by atoms with Crippen molar-refractivity contribution in [2.75, 3.05) is 25.6 Å². The van der Waals surface area contributed by atoms with Crippen LogP contribution in [0.1, 0.15) is 77.3 Å². The van der Waals surface area contributed by atoms with Gasteiger partial charge in [-0.25, -0.2) is 9.97 Å². The normalized spacial score (nSPS) is 41.1. The van der Waals surface area contributed by atoms with Crippen molar-refractivity contribution in [3.8, 4) is 0 Å². The third-order valence-corrected chi connectivity index (χ3v) is 10.7. The van der Waals surface area contributed by atoms with Crippen LogP contribution < -0.4 is 5.32 Å². The number of nitrogens with zero attached hydrogens (tertiary/aromatic N) is 2. The van der Waals surface area contributed by atoms with E-state index in [-0.39, 0.29) is 17.9 Å². The molecule has 0 bridgehead atoms. The highest BCUT2D eigenvalue weighted by atomic mass is 16.5. The van der Waals surface area contributed by atoms with E-state index in [1.165, 1.54) is 57.6 Å². The molecule has 1 heterocycles. The predicted molar refractivity (Wildman–Crippen MR) is 134 cm³/mol. The van der Waals surface area contributed by atoms with E-state index in [9.17, 15) is 4.79 Å². The van der Waals surface area contributed by atoms with Crippen molar-refractivity contribution in [2.24, 2.45) is 46.3 Å². The Kier molecular flexibility index (Phi) is 6.56. The molecule has 0 aromatic carbocycles. The number of Topliss-reactive ketones (excluding diaryl/α,β-unsaturated/α-hetero) is 1. The Balaban J connectivity index is 1.32. The fourth-order valence-electron chi connectivity index (χ4n) is 9.23. The van der Waals surface area contributed by atoms with Gasteiger partial charge in [-0.1, -0.05) is 20.3 Å². The Morgan fingerprint density at radius 2 is 1.97 bits per heavy atom. The number of aromatic nitrogens is 2. The summed E-state index contributed by atoms with van der Waals surface area (Å²) in [5.41, 5.74) is 0.952. The van der Waals surface area contributed by atoms with Crippen LogP contribution in [0.3, 0.4) is 0 Å². The largest absolute Gasteiger partial charge is 0.384 e. The second-order valence-electron chi connectivity index (χ2n) is 12.1. The highest BCUT2D eigenvalue weighted by Crippen LogP contribution is 2.68. The van der Waals surface area contributed by atoms with Crippen LogP contribution in [0.15, 0.2) is 12.4 Å². The van der Waals surface area contributed by atoms with E-state index < -0.39 is 0 Å². The summed E-state index contributed by atoms with van der Waals surface area (Å²) in [6.45, 7) is 6.06. The summed E-state index contributed by atoms with van der Waals surface area (Å²) in [6, 6.07) is 0. The molecule has 8 unspecified atom stereocenters. The van der Waals surface area contributed by atoms with Crippen LogP contribution in [0.5, 0.6) is 0 Å². The molecule has 0 aliphatic heterocycles. The second-order valence-corrected chi connectivity index (χ2v) is 12.1. The summed E-state index contributed by atoms with van der Waals surface area (Å²) in [5, 5.41) is 10.7. The quantitative estimate of drug-likeness (QED) is 0.527. The maximum absolute atomic E-state index is 13.5. The highest BCUT2D eigenvalue weighted by Gasteiger charge is 2.62. The molecule has 4 fully saturated rings. The summed E-state index contributed by atoms with van der Waals surface area (Å²) in [5.74, 6) is 4.78. The second kappa shape index (κ2) is 9.33. The molecule has 6 nitrogen and oxygen atoms in total. The van der Waals surface area contributed by atoms with Crippen molar-refractivity contribution in [1.29, 1.82) is 5.41 Å². The van der Waals surface area contributed by atoms with E-state index >= 15 is 0 Å². The number of hydrogen-bond acceptors (Lipinski definition) is 6. The summed E-state index contributed by atoms with van der Waals surface area (Å²) < 4.78 is 5.93. The molecular formula is C28H42N4O2. The van der Waals surface area contributed by atoms with Crippen molar-refractivity contribution in [2.45, 2.75) is 71.6 Å². The molecule has 4 aliphatic carbocycles. The zero-order valence-electron chi connectivity index (χ0n) is 21.2. The number of hydrogen-bond donors (Lipinski definition) is 2. The number of carbonyl (C=O) groups is 1. The summed E-state index contributed by atoms with van der Waals surface area (Å²) in [6.07, 6.45) is 15.7. The van der Waals surface area contributed by atoms with E-state index in [1.807, 2.05) is 7.11 Å². The van der Waals surface area contributed by atoms with Crippen molar-refractivity contribution in [1.82, 2.24) is 9.97 Å². The molecule has 8 atom stereocenters. The molecule has 4 aliphatic rings. The summed E-state index contributed by atoms with van der Waals surface area (Å²) in [4.78, 5) is 21.9. The van der Waals surface area contributed by atoms with Gasteiger partial charge in [0.2, 0.25) is 0 Å². The summed E-state index contributed by atoms with van der Waals surface area (Å²) >= 11 is 0. The van der Waals surface area contributed by atoms with E-state index in [2.05, 4.69) is 29.1 Å². The number of methoxy groups -OCH3 is 1. The third-order valence-electron chi connectivity index (χ3n) is 10.7. The van der Waals surface area contributed by atoms with Crippen molar-refractivity contribution < 1.29 is 9.53 Å². The molecule has 2 N–H and O–H groups in total. The molecule has 5 rings (SSSR count).